The number of nitrogens with one attached hydrogen (secondary N) is 2. The van der Waals surface area contributed by atoms with Crippen molar-refractivity contribution in [1.29, 1.82) is 0 Å². The second-order valence-electron chi connectivity index (χ2n) is 11.4. The first-order valence-corrected chi connectivity index (χ1v) is 14.3. The fourth-order valence-corrected chi connectivity index (χ4v) is 5.55. The van der Waals surface area contributed by atoms with Crippen molar-refractivity contribution < 1.29 is 33.8 Å². The van der Waals surface area contributed by atoms with Gasteiger partial charge in [0.2, 0.25) is 11.6 Å². The van der Waals surface area contributed by atoms with Crippen LogP contribution in [0, 0.1) is 11.8 Å². The van der Waals surface area contributed by atoms with Gasteiger partial charge in [0.15, 0.2) is 0 Å². The number of carbonyl (C=O) groups excluding carboxylic acids is 4. The summed E-state index contributed by atoms with van der Waals surface area (Å²) in [6.45, 7) is 8.56. The Kier molecular flexibility index (Phi) is 11.4. The number of allylic oxidation sites excluding steroid dienone is 4. The predicted molar refractivity (Wildman–Crippen MR) is 158 cm³/mol. The maximum Gasteiger partial charge on any atom is 0.312 e. The van der Waals surface area contributed by atoms with Gasteiger partial charge in [0.1, 0.15) is 0 Å². The van der Waals surface area contributed by atoms with Crippen LogP contribution in [-0.4, -0.2) is 85.2 Å². The van der Waals surface area contributed by atoms with Crippen molar-refractivity contribution in [1.82, 2.24) is 15.5 Å². The molecule has 0 saturated carbocycles. The summed E-state index contributed by atoms with van der Waals surface area (Å²) in [7, 11) is 3.00. The first kappa shape index (κ1) is 33.0. The molecule has 0 aromatic rings. The standard InChI is InChI=1S/C31H44N4O7/c1-17-13-21-27(35-11-8-12-35)23(36)16-22(29(21)38)33-30(39)18(2)9-7-10-24(41-5)26(34-31(32)40)19(3)15-20(4)28(37)25(14-17)42-6/h7,9-10,15-17,20,24-26,28,37H,8,11-14H2,1-6H3,(H,33,39)(H3,32,34,40)/b10-7+,18-9-,19-15+/t17-,20+,24+,25+,26+,28-/m1/s1. The van der Waals surface area contributed by atoms with Crippen molar-refractivity contribution in [2.75, 3.05) is 27.3 Å². The summed E-state index contributed by atoms with van der Waals surface area (Å²) in [5.74, 6) is -1.75. The Balaban J connectivity index is 2.07. The van der Waals surface area contributed by atoms with E-state index in [1.165, 1.54) is 20.3 Å². The number of aliphatic hydroxyl groups is 1. The summed E-state index contributed by atoms with van der Waals surface area (Å²) in [6, 6.07) is -1.39. The quantitative estimate of drug-likeness (QED) is 0.289. The number of fused-ring (bicyclic) bond motifs is 2. The third kappa shape index (κ3) is 7.84. The van der Waals surface area contributed by atoms with Crippen LogP contribution < -0.4 is 16.4 Å². The summed E-state index contributed by atoms with van der Waals surface area (Å²) in [4.78, 5) is 53.7. The highest BCUT2D eigenvalue weighted by atomic mass is 16.5. The van der Waals surface area contributed by atoms with Gasteiger partial charge in [-0.15, -0.1) is 0 Å². The van der Waals surface area contributed by atoms with Crippen LogP contribution in [0.3, 0.4) is 0 Å². The Morgan fingerprint density at radius 1 is 1.14 bits per heavy atom. The first-order valence-electron chi connectivity index (χ1n) is 14.3. The number of rotatable bonds is 4. The molecular formula is C31H44N4O7. The molecule has 2 heterocycles. The Hall–Kier alpha value is -3.54. The monoisotopic (exact) mass is 584 g/mol. The number of ketones is 2. The van der Waals surface area contributed by atoms with E-state index in [0.717, 1.165) is 6.42 Å². The van der Waals surface area contributed by atoms with Gasteiger partial charge < -0.3 is 35.8 Å². The smallest absolute Gasteiger partial charge is 0.312 e. The van der Waals surface area contributed by atoms with Crippen LogP contribution in [0.5, 0.6) is 0 Å². The van der Waals surface area contributed by atoms with Crippen molar-refractivity contribution in [2.45, 2.75) is 71.3 Å². The van der Waals surface area contributed by atoms with E-state index in [4.69, 9.17) is 15.2 Å². The number of primary amides is 1. The summed E-state index contributed by atoms with van der Waals surface area (Å²) in [6.07, 6.45) is 7.34. The number of methoxy groups -OCH3 is 2. The fraction of sp³-hybridized carbons (Fsp3) is 0.548. The van der Waals surface area contributed by atoms with Gasteiger partial charge in [0.25, 0.3) is 5.91 Å². The number of aliphatic hydroxyl groups excluding tert-OH is 1. The highest BCUT2D eigenvalue weighted by molar-refractivity contribution is 6.23. The zero-order valence-corrected chi connectivity index (χ0v) is 25.3. The van der Waals surface area contributed by atoms with E-state index >= 15 is 0 Å². The van der Waals surface area contributed by atoms with Gasteiger partial charge in [-0.2, -0.15) is 0 Å². The van der Waals surface area contributed by atoms with Crippen molar-refractivity contribution in [3.8, 4) is 0 Å². The topological polar surface area (TPSA) is 160 Å². The normalized spacial score (nSPS) is 33.5. The molecular weight excluding hydrogens is 540 g/mol. The van der Waals surface area contributed by atoms with Crippen molar-refractivity contribution in [2.24, 2.45) is 17.6 Å². The first-order chi connectivity index (χ1) is 19.9. The number of Topliss-reactive ketones (excluding diaryl/α,β-unsaturated/α-hetero) is 1. The second kappa shape index (κ2) is 14.6. The summed E-state index contributed by atoms with van der Waals surface area (Å²) >= 11 is 0. The number of carbonyl (C=O) groups is 4. The molecule has 0 aromatic carbocycles. The molecule has 0 aromatic heterocycles. The Labute approximate surface area is 247 Å². The lowest BCUT2D eigenvalue weighted by Gasteiger charge is -2.37. The summed E-state index contributed by atoms with van der Waals surface area (Å²) in [5, 5.41) is 16.6. The number of likely N-dealkylation sites (tertiary alicyclic amines) is 1. The van der Waals surface area contributed by atoms with Gasteiger partial charge >= 0.3 is 6.03 Å². The van der Waals surface area contributed by atoms with Crippen LogP contribution in [0.25, 0.3) is 0 Å². The lowest BCUT2D eigenvalue weighted by molar-refractivity contribution is -0.120. The summed E-state index contributed by atoms with van der Waals surface area (Å²) < 4.78 is 11.3. The molecule has 3 amide bonds. The highest BCUT2D eigenvalue weighted by Gasteiger charge is 2.36. The van der Waals surface area contributed by atoms with E-state index in [1.807, 2.05) is 31.7 Å². The second-order valence-corrected chi connectivity index (χ2v) is 11.4. The van der Waals surface area contributed by atoms with Crippen LogP contribution in [-0.2, 0) is 23.9 Å². The Morgan fingerprint density at radius 3 is 2.40 bits per heavy atom. The van der Waals surface area contributed by atoms with E-state index < -0.39 is 36.3 Å². The van der Waals surface area contributed by atoms with E-state index in [0.29, 0.717) is 41.9 Å². The van der Waals surface area contributed by atoms with Crippen LogP contribution in [0.2, 0.25) is 0 Å². The van der Waals surface area contributed by atoms with Crippen LogP contribution >= 0.6 is 0 Å². The number of urea groups is 1. The van der Waals surface area contributed by atoms with Gasteiger partial charge in [-0.3, -0.25) is 14.4 Å². The number of amides is 3. The minimum atomic E-state index is -0.909. The maximum atomic E-state index is 13.7. The van der Waals surface area contributed by atoms with Crippen molar-refractivity contribution >= 4 is 23.5 Å². The molecule has 0 spiro atoms. The highest BCUT2D eigenvalue weighted by Crippen LogP contribution is 2.32. The molecule has 2 bridgehead atoms. The van der Waals surface area contributed by atoms with Crippen molar-refractivity contribution in [3.63, 3.8) is 0 Å². The molecule has 1 saturated heterocycles. The van der Waals surface area contributed by atoms with Gasteiger partial charge in [-0.05, 0) is 39.0 Å². The number of ether oxygens (including phenoxy) is 2. The molecule has 0 radical (unpaired) electrons. The van der Waals surface area contributed by atoms with E-state index in [2.05, 4.69) is 10.6 Å². The molecule has 2 aliphatic heterocycles. The Bertz CT molecular complexity index is 1230. The van der Waals surface area contributed by atoms with Gasteiger partial charge in [-0.25, -0.2) is 4.79 Å². The third-order valence-electron chi connectivity index (χ3n) is 8.06. The lowest BCUT2D eigenvalue weighted by Crippen LogP contribution is -2.47. The minimum Gasteiger partial charge on any atom is -0.390 e. The SMILES string of the molecule is CO[C@H]1/C=C/C=C(/C)C(=O)NC2=CC(=O)C(N3CCC3)=C(C[C@@H](C)C[C@H](OC)[C@H](O)[C@@H](C)/C=C(\C)[C@@H]1NC(N)=O)C2=O. The molecule has 11 nitrogen and oxygen atoms in total. The van der Waals surface area contributed by atoms with E-state index in [1.54, 1.807) is 25.2 Å². The molecule has 3 aliphatic rings. The number of hydrogen-bond acceptors (Lipinski definition) is 8. The predicted octanol–water partition coefficient (Wildman–Crippen LogP) is 2.04. The zero-order chi connectivity index (χ0) is 31.1. The molecule has 11 heteroatoms. The average Bonchev–Trinajstić information content (AvgIpc) is 2.90. The third-order valence-corrected chi connectivity index (χ3v) is 8.06. The number of nitrogens with two attached hydrogens (primary N) is 1. The van der Waals surface area contributed by atoms with Crippen molar-refractivity contribution in [3.05, 3.63) is 58.5 Å². The largest absolute Gasteiger partial charge is 0.390 e. The fourth-order valence-electron chi connectivity index (χ4n) is 5.55. The van der Waals surface area contributed by atoms with Crippen LogP contribution in [0.15, 0.2) is 58.5 Å². The molecule has 42 heavy (non-hydrogen) atoms. The van der Waals surface area contributed by atoms with E-state index in [9.17, 15) is 24.3 Å². The molecule has 230 valence electrons. The number of nitrogens with zero attached hydrogens (tertiary/aromatic N) is 1. The zero-order valence-electron chi connectivity index (χ0n) is 25.3. The molecule has 1 aliphatic carbocycles. The van der Waals surface area contributed by atoms with Gasteiger partial charge in [-0.1, -0.05) is 43.7 Å². The molecule has 5 N–H and O–H groups in total. The summed E-state index contributed by atoms with van der Waals surface area (Å²) in [5.41, 5.74) is 7.15. The number of hydrogen-bond donors (Lipinski definition) is 4. The maximum absolute atomic E-state index is 13.7. The molecule has 6 atom stereocenters. The average molecular weight is 585 g/mol. The van der Waals surface area contributed by atoms with Gasteiger partial charge in [0, 0.05) is 50.4 Å². The lowest BCUT2D eigenvalue weighted by atomic mass is 9.84. The molecule has 3 rings (SSSR count). The van der Waals surface area contributed by atoms with Crippen LogP contribution in [0.4, 0.5) is 4.79 Å². The minimum absolute atomic E-state index is 0.0663. The molecule has 0 unspecified atom stereocenters. The molecule has 1 fully saturated rings. The van der Waals surface area contributed by atoms with Gasteiger partial charge in [0.05, 0.1) is 35.7 Å². The van der Waals surface area contributed by atoms with Crippen LogP contribution in [0.1, 0.15) is 47.0 Å². The van der Waals surface area contributed by atoms with E-state index in [-0.39, 0.29) is 35.5 Å². The Morgan fingerprint density at radius 2 is 1.83 bits per heavy atom.